The molecule has 0 spiro atoms. The molecule has 0 saturated heterocycles. The molecule has 5 rings (SSSR count). The van der Waals surface area contributed by atoms with Crippen LogP contribution in [0.3, 0.4) is 0 Å². The van der Waals surface area contributed by atoms with Gasteiger partial charge in [0.2, 0.25) is 0 Å². The van der Waals surface area contributed by atoms with Gasteiger partial charge >= 0.3 is 0 Å². The third-order valence-corrected chi connectivity index (χ3v) is 7.19. The van der Waals surface area contributed by atoms with Gasteiger partial charge in [0, 0.05) is 55.0 Å². The number of nitrogens with one attached hydrogen (secondary N) is 1. The van der Waals surface area contributed by atoms with E-state index in [-0.39, 0.29) is 48.6 Å². The largest absolute Gasteiger partial charge is 0.497 e. The van der Waals surface area contributed by atoms with E-state index < -0.39 is 29.7 Å². The third kappa shape index (κ3) is 4.53. The van der Waals surface area contributed by atoms with E-state index >= 15 is 4.39 Å². The molecule has 1 aromatic carbocycles. The first-order chi connectivity index (χ1) is 18.1. The number of amides is 1. The fourth-order valence-corrected chi connectivity index (χ4v) is 5.11. The molecule has 2 aromatic heterocycles. The van der Waals surface area contributed by atoms with Crippen LogP contribution in [0.25, 0.3) is 11.3 Å². The van der Waals surface area contributed by atoms with E-state index in [9.17, 15) is 13.6 Å². The van der Waals surface area contributed by atoms with E-state index in [1.807, 2.05) is 0 Å². The Labute approximate surface area is 217 Å². The maximum atomic E-state index is 15.9. The minimum Gasteiger partial charge on any atom is -0.497 e. The zero-order valence-electron chi connectivity index (χ0n) is 21.3. The molecule has 0 bridgehead atoms. The van der Waals surface area contributed by atoms with Crippen molar-refractivity contribution < 1.29 is 27.4 Å². The Morgan fingerprint density at radius 2 is 2.05 bits per heavy atom. The molecular weight excluding hydrogens is 501 g/mol. The number of nitrogens with zero attached hydrogens (tertiary/aromatic N) is 4. The van der Waals surface area contributed by atoms with Gasteiger partial charge in [0.25, 0.3) is 11.8 Å². The van der Waals surface area contributed by atoms with Crippen molar-refractivity contribution in [2.45, 2.75) is 50.4 Å². The van der Waals surface area contributed by atoms with E-state index in [2.05, 4.69) is 15.4 Å². The zero-order chi connectivity index (χ0) is 27.2. The average Bonchev–Trinajstić information content (AvgIpc) is 3.47. The number of nitrogens with two attached hydrogens (primary N) is 1. The van der Waals surface area contributed by atoms with Gasteiger partial charge in [-0.25, -0.2) is 18.2 Å². The Morgan fingerprint density at radius 3 is 2.74 bits per heavy atom. The number of ether oxygens (including phenoxy) is 2. The van der Waals surface area contributed by atoms with Crippen LogP contribution in [0.2, 0.25) is 0 Å². The normalized spacial score (nSPS) is 20.4. The first kappa shape index (κ1) is 25.8. The number of hydrogen-bond acceptors (Lipinski definition) is 7. The molecule has 1 aliphatic heterocycles. The Balaban J connectivity index is 1.53. The van der Waals surface area contributed by atoms with Crippen LogP contribution < -0.4 is 20.5 Å². The van der Waals surface area contributed by atoms with Gasteiger partial charge in [0.1, 0.15) is 11.5 Å². The Hall–Kier alpha value is -3.80. The minimum atomic E-state index is -3.07. The second-order valence-electron chi connectivity index (χ2n) is 9.65. The van der Waals surface area contributed by atoms with Crippen molar-refractivity contribution in [3.63, 3.8) is 0 Å². The number of anilines is 1. The first-order valence-electron chi connectivity index (χ1n) is 12.2. The number of benzene rings is 1. The predicted octanol–water partition coefficient (Wildman–Crippen LogP) is 3.72. The summed E-state index contributed by atoms with van der Waals surface area (Å²) >= 11 is 0. The second kappa shape index (κ2) is 9.82. The molecule has 1 amide bonds. The van der Waals surface area contributed by atoms with E-state index in [1.165, 1.54) is 30.0 Å². The molecule has 1 saturated carbocycles. The predicted molar refractivity (Wildman–Crippen MR) is 134 cm³/mol. The van der Waals surface area contributed by atoms with Crippen LogP contribution in [-0.2, 0) is 20.1 Å². The SMILES string of the molecule is COc1ccc(CN2Cc3c(F)c(NC4CCCC(F)(F)C4N)nc(-c4cnn(C)c4)c3C2=O)c(OC)c1. The van der Waals surface area contributed by atoms with Gasteiger partial charge in [-0.05, 0) is 25.0 Å². The number of aromatic nitrogens is 3. The quantitative estimate of drug-likeness (QED) is 0.480. The van der Waals surface area contributed by atoms with Crippen molar-refractivity contribution >= 4 is 11.7 Å². The van der Waals surface area contributed by atoms with Gasteiger partial charge in [-0.2, -0.15) is 5.10 Å². The maximum Gasteiger partial charge on any atom is 0.264 e. The van der Waals surface area contributed by atoms with Crippen molar-refractivity contribution in [3.8, 4) is 22.8 Å². The highest BCUT2D eigenvalue weighted by Crippen LogP contribution is 2.39. The number of rotatable bonds is 7. The van der Waals surface area contributed by atoms with E-state index in [0.29, 0.717) is 29.0 Å². The highest BCUT2D eigenvalue weighted by molar-refractivity contribution is 6.04. The molecule has 3 N–H and O–H groups in total. The summed E-state index contributed by atoms with van der Waals surface area (Å²) in [7, 11) is 4.76. The summed E-state index contributed by atoms with van der Waals surface area (Å²) in [5.41, 5.74) is 7.52. The standard InChI is InChI=1S/C26H29F3N6O3/c1-34-11-15(10-31-34)22-20-17(21(27)24(33-22)32-18-5-4-8-26(28,29)23(18)30)13-35(25(20)36)12-14-6-7-16(37-2)9-19(14)38-3/h6-7,9-11,18,23H,4-5,8,12-13,30H2,1-3H3,(H,32,33). The second-order valence-corrected chi connectivity index (χ2v) is 9.65. The van der Waals surface area contributed by atoms with Crippen LogP contribution in [0.1, 0.15) is 40.7 Å². The molecule has 1 fully saturated rings. The lowest BCUT2D eigenvalue weighted by molar-refractivity contribution is -0.0555. The Morgan fingerprint density at radius 1 is 1.26 bits per heavy atom. The van der Waals surface area contributed by atoms with Crippen LogP contribution in [0.5, 0.6) is 11.5 Å². The van der Waals surface area contributed by atoms with Crippen LogP contribution in [-0.4, -0.2) is 57.8 Å². The molecule has 3 aromatic rings. The Kier molecular flexibility index (Phi) is 6.68. The lowest BCUT2D eigenvalue weighted by Gasteiger charge is -2.36. The highest BCUT2D eigenvalue weighted by atomic mass is 19.3. The van der Waals surface area contributed by atoms with E-state index in [0.717, 1.165) is 0 Å². The van der Waals surface area contributed by atoms with Gasteiger partial charge in [-0.15, -0.1) is 0 Å². The number of pyridine rings is 1. The van der Waals surface area contributed by atoms with Crippen LogP contribution in [0.15, 0.2) is 30.6 Å². The molecule has 9 nitrogen and oxygen atoms in total. The topological polar surface area (TPSA) is 108 Å². The van der Waals surface area contributed by atoms with Gasteiger partial charge < -0.3 is 25.4 Å². The first-order valence-corrected chi connectivity index (χ1v) is 12.2. The summed E-state index contributed by atoms with van der Waals surface area (Å²) in [6.45, 7) is 0.113. The smallest absolute Gasteiger partial charge is 0.264 e. The van der Waals surface area contributed by atoms with Crippen molar-refractivity contribution in [2.24, 2.45) is 12.8 Å². The monoisotopic (exact) mass is 530 g/mol. The molecule has 12 heteroatoms. The number of alkyl halides is 2. The van der Waals surface area contributed by atoms with Crippen molar-refractivity contribution in [3.05, 3.63) is 53.1 Å². The molecule has 2 aliphatic rings. The molecule has 202 valence electrons. The molecular formula is C26H29F3N6O3. The van der Waals surface area contributed by atoms with Gasteiger partial charge in [-0.1, -0.05) is 0 Å². The Bertz CT molecular complexity index is 1380. The van der Waals surface area contributed by atoms with Crippen LogP contribution in [0, 0.1) is 5.82 Å². The summed E-state index contributed by atoms with van der Waals surface area (Å²) in [5, 5.41) is 6.99. The fourth-order valence-electron chi connectivity index (χ4n) is 5.11. The van der Waals surface area contributed by atoms with E-state index in [1.54, 1.807) is 31.4 Å². The lowest BCUT2D eigenvalue weighted by atomic mass is 9.87. The molecule has 2 unspecified atom stereocenters. The average molecular weight is 531 g/mol. The van der Waals surface area contributed by atoms with E-state index in [4.69, 9.17) is 15.2 Å². The van der Waals surface area contributed by atoms with Gasteiger partial charge in [-0.3, -0.25) is 9.48 Å². The fraction of sp³-hybridized carbons (Fsp3) is 0.423. The van der Waals surface area contributed by atoms with Gasteiger partial charge in [0.05, 0.1) is 44.3 Å². The number of fused-ring (bicyclic) bond motifs is 1. The number of hydrogen-bond donors (Lipinski definition) is 2. The summed E-state index contributed by atoms with van der Waals surface area (Å²) in [6.07, 6.45) is 3.46. The summed E-state index contributed by atoms with van der Waals surface area (Å²) in [6, 6.07) is 2.87. The van der Waals surface area contributed by atoms with Crippen LogP contribution >= 0.6 is 0 Å². The maximum absolute atomic E-state index is 15.9. The zero-order valence-corrected chi connectivity index (χ0v) is 21.3. The summed E-state index contributed by atoms with van der Waals surface area (Å²) < 4.78 is 56.7. The molecule has 2 atom stereocenters. The van der Waals surface area contributed by atoms with Crippen molar-refractivity contribution in [2.75, 3.05) is 19.5 Å². The molecule has 38 heavy (non-hydrogen) atoms. The molecule has 0 radical (unpaired) electrons. The third-order valence-electron chi connectivity index (χ3n) is 7.19. The van der Waals surface area contributed by atoms with Gasteiger partial charge in [0.15, 0.2) is 11.6 Å². The number of carbonyl (C=O) groups is 1. The number of halogens is 3. The summed E-state index contributed by atoms with van der Waals surface area (Å²) in [5.74, 6) is -3.33. The molecule has 1 aliphatic carbocycles. The summed E-state index contributed by atoms with van der Waals surface area (Å²) in [4.78, 5) is 19.5. The number of carbonyl (C=O) groups excluding carboxylic acids is 1. The van der Waals surface area contributed by atoms with Crippen molar-refractivity contribution in [1.29, 1.82) is 0 Å². The number of aryl methyl sites for hydroxylation is 1. The lowest BCUT2D eigenvalue weighted by Crippen LogP contribution is -2.55. The molecule has 3 heterocycles. The van der Waals surface area contributed by atoms with Crippen LogP contribution in [0.4, 0.5) is 19.0 Å². The highest BCUT2D eigenvalue weighted by Gasteiger charge is 2.45. The minimum absolute atomic E-state index is 0.0352. The van der Waals surface area contributed by atoms with Crippen molar-refractivity contribution in [1.82, 2.24) is 19.7 Å². The number of methoxy groups -OCH3 is 2.